The van der Waals surface area contributed by atoms with Crippen molar-refractivity contribution in [2.75, 3.05) is 20.2 Å². The van der Waals surface area contributed by atoms with Crippen molar-refractivity contribution in [2.24, 2.45) is 5.73 Å². The van der Waals surface area contributed by atoms with E-state index in [4.69, 9.17) is 10.5 Å². The number of nitrogens with one attached hydrogen (secondary N) is 1. The highest BCUT2D eigenvalue weighted by atomic mass is 16.5. The monoisotopic (exact) mass is 381 g/mol. The summed E-state index contributed by atoms with van der Waals surface area (Å²) in [5.41, 5.74) is 8.34. The van der Waals surface area contributed by atoms with E-state index in [-0.39, 0.29) is 36.2 Å². The lowest BCUT2D eigenvalue weighted by Crippen LogP contribution is -2.36. The number of nitrogens with two attached hydrogens (primary N) is 1. The van der Waals surface area contributed by atoms with E-state index in [2.05, 4.69) is 17.4 Å². The van der Waals surface area contributed by atoms with Crippen LogP contribution in [-0.2, 0) is 9.59 Å². The Morgan fingerprint density at radius 3 is 2.43 bits per heavy atom. The third kappa shape index (κ3) is 4.70. The number of methoxy groups -OCH3 is 1. The lowest BCUT2D eigenvalue weighted by Gasteiger charge is -2.22. The van der Waals surface area contributed by atoms with Crippen LogP contribution in [0.25, 0.3) is 0 Å². The van der Waals surface area contributed by atoms with Gasteiger partial charge in [0.1, 0.15) is 5.75 Å². The molecule has 28 heavy (non-hydrogen) atoms. The molecule has 2 amide bonds. The number of hydrogen-bond donors (Lipinski definition) is 2. The SMILES string of the molecule is COc1ccc(C(CC(=O)N2C[C@@H](N)[C@H](c3ccccc3)C2)NC(C)=O)cc1. The second kappa shape index (κ2) is 8.89. The lowest BCUT2D eigenvalue weighted by atomic mass is 9.95. The molecule has 1 aliphatic heterocycles. The number of ether oxygens (including phenoxy) is 1. The number of rotatable bonds is 6. The minimum atomic E-state index is -0.386. The van der Waals surface area contributed by atoms with Crippen molar-refractivity contribution < 1.29 is 14.3 Å². The van der Waals surface area contributed by atoms with Crippen LogP contribution >= 0.6 is 0 Å². The van der Waals surface area contributed by atoms with E-state index in [9.17, 15) is 9.59 Å². The topological polar surface area (TPSA) is 84.7 Å². The van der Waals surface area contributed by atoms with Crippen LogP contribution in [0.2, 0.25) is 0 Å². The predicted octanol–water partition coefficient (Wildman–Crippen LogP) is 2.22. The summed E-state index contributed by atoms with van der Waals surface area (Å²) in [4.78, 5) is 26.4. The summed E-state index contributed by atoms with van der Waals surface area (Å²) in [5, 5.41) is 2.88. The van der Waals surface area contributed by atoms with Crippen molar-refractivity contribution in [1.82, 2.24) is 10.2 Å². The number of nitrogens with zero attached hydrogens (tertiary/aromatic N) is 1. The first-order valence-electron chi connectivity index (χ1n) is 9.47. The second-order valence-electron chi connectivity index (χ2n) is 7.21. The normalized spacial score (nSPS) is 19.9. The molecule has 1 saturated heterocycles. The molecule has 3 atom stereocenters. The van der Waals surface area contributed by atoms with Crippen molar-refractivity contribution >= 4 is 11.8 Å². The predicted molar refractivity (Wildman–Crippen MR) is 108 cm³/mol. The zero-order chi connectivity index (χ0) is 20.1. The molecule has 0 bridgehead atoms. The summed E-state index contributed by atoms with van der Waals surface area (Å²) in [6.45, 7) is 2.57. The fourth-order valence-electron chi connectivity index (χ4n) is 3.72. The Kier molecular flexibility index (Phi) is 6.31. The summed E-state index contributed by atoms with van der Waals surface area (Å²) < 4.78 is 5.18. The maximum Gasteiger partial charge on any atom is 0.225 e. The first-order chi connectivity index (χ1) is 13.5. The van der Waals surface area contributed by atoms with E-state index in [0.29, 0.717) is 13.1 Å². The molecule has 1 unspecified atom stereocenters. The van der Waals surface area contributed by atoms with Gasteiger partial charge in [0.2, 0.25) is 11.8 Å². The van der Waals surface area contributed by atoms with Gasteiger partial charge in [-0.05, 0) is 23.3 Å². The summed E-state index contributed by atoms with van der Waals surface area (Å²) in [7, 11) is 1.60. The molecule has 0 aromatic heterocycles. The molecule has 148 valence electrons. The number of carbonyl (C=O) groups is 2. The van der Waals surface area contributed by atoms with Crippen molar-refractivity contribution in [1.29, 1.82) is 0 Å². The molecule has 6 heteroatoms. The third-order valence-corrected chi connectivity index (χ3v) is 5.22. The summed E-state index contributed by atoms with van der Waals surface area (Å²) in [5.74, 6) is 0.676. The van der Waals surface area contributed by atoms with Crippen molar-refractivity contribution in [3.05, 3.63) is 65.7 Å². The molecular weight excluding hydrogens is 354 g/mol. The van der Waals surface area contributed by atoms with E-state index in [0.717, 1.165) is 16.9 Å². The average Bonchev–Trinajstić information content (AvgIpc) is 3.10. The Morgan fingerprint density at radius 1 is 1.14 bits per heavy atom. The Labute approximate surface area is 165 Å². The molecule has 2 aromatic carbocycles. The molecule has 3 rings (SSSR count). The van der Waals surface area contributed by atoms with Gasteiger partial charge in [-0.15, -0.1) is 0 Å². The van der Waals surface area contributed by atoms with E-state index in [1.807, 2.05) is 42.5 Å². The largest absolute Gasteiger partial charge is 0.497 e. The second-order valence-corrected chi connectivity index (χ2v) is 7.21. The number of carbonyl (C=O) groups excluding carboxylic acids is 2. The quantitative estimate of drug-likeness (QED) is 0.804. The smallest absolute Gasteiger partial charge is 0.225 e. The van der Waals surface area contributed by atoms with Crippen molar-refractivity contribution in [2.45, 2.75) is 31.3 Å². The summed E-state index contributed by atoms with van der Waals surface area (Å²) >= 11 is 0. The van der Waals surface area contributed by atoms with E-state index in [1.165, 1.54) is 6.92 Å². The fourth-order valence-corrected chi connectivity index (χ4v) is 3.72. The highest BCUT2D eigenvalue weighted by Gasteiger charge is 2.34. The molecule has 0 aliphatic carbocycles. The summed E-state index contributed by atoms with van der Waals surface area (Å²) in [6.07, 6.45) is 0.195. The van der Waals surface area contributed by atoms with Gasteiger partial charge in [0.15, 0.2) is 0 Å². The van der Waals surface area contributed by atoms with Gasteiger partial charge >= 0.3 is 0 Å². The highest BCUT2D eigenvalue weighted by Crippen LogP contribution is 2.28. The van der Waals surface area contributed by atoms with Gasteiger partial charge in [0.25, 0.3) is 0 Å². The Bertz CT molecular complexity index is 808. The third-order valence-electron chi connectivity index (χ3n) is 5.22. The first-order valence-corrected chi connectivity index (χ1v) is 9.47. The maximum atomic E-state index is 13.0. The highest BCUT2D eigenvalue weighted by molar-refractivity contribution is 5.79. The Balaban J connectivity index is 1.70. The van der Waals surface area contributed by atoms with Gasteiger partial charge in [-0.1, -0.05) is 42.5 Å². The van der Waals surface area contributed by atoms with E-state index < -0.39 is 0 Å². The van der Waals surface area contributed by atoms with Crippen molar-refractivity contribution in [3.63, 3.8) is 0 Å². The van der Waals surface area contributed by atoms with Gasteiger partial charge in [-0.2, -0.15) is 0 Å². The van der Waals surface area contributed by atoms with Crippen LogP contribution in [-0.4, -0.2) is 43.0 Å². The lowest BCUT2D eigenvalue weighted by molar-refractivity contribution is -0.131. The van der Waals surface area contributed by atoms with Crippen LogP contribution in [0.5, 0.6) is 5.75 Å². The molecule has 1 aliphatic rings. The van der Waals surface area contributed by atoms with Gasteiger partial charge in [-0.3, -0.25) is 9.59 Å². The minimum absolute atomic E-state index is 0.0107. The minimum Gasteiger partial charge on any atom is -0.497 e. The van der Waals surface area contributed by atoms with Crippen LogP contribution in [0, 0.1) is 0 Å². The van der Waals surface area contributed by atoms with Crippen LogP contribution in [0.3, 0.4) is 0 Å². The van der Waals surface area contributed by atoms with Crippen LogP contribution in [0.15, 0.2) is 54.6 Å². The standard InChI is InChI=1S/C22H27N3O3/c1-15(26)24-21(17-8-10-18(28-2)11-9-17)12-22(27)25-13-19(20(23)14-25)16-6-4-3-5-7-16/h3-11,19-21H,12-14,23H2,1-2H3,(H,24,26)/t19-,20+,21?/m0/s1. The molecule has 1 fully saturated rings. The molecule has 3 N–H and O–H groups in total. The fraction of sp³-hybridized carbons (Fsp3) is 0.364. The number of benzene rings is 2. The molecule has 0 saturated carbocycles. The molecule has 1 heterocycles. The van der Waals surface area contributed by atoms with E-state index >= 15 is 0 Å². The average molecular weight is 381 g/mol. The molecular formula is C22H27N3O3. The van der Waals surface area contributed by atoms with Gasteiger partial charge in [0, 0.05) is 32.0 Å². The van der Waals surface area contributed by atoms with Crippen molar-refractivity contribution in [3.8, 4) is 5.75 Å². The van der Waals surface area contributed by atoms with Crippen LogP contribution < -0.4 is 15.8 Å². The van der Waals surface area contributed by atoms with Gasteiger partial charge in [0.05, 0.1) is 19.6 Å². The van der Waals surface area contributed by atoms with Gasteiger partial charge < -0.3 is 20.7 Å². The van der Waals surface area contributed by atoms with E-state index in [1.54, 1.807) is 12.0 Å². The maximum absolute atomic E-state index is 13.0. The number of amides is 2. The van der Waals surface area contributed by atoms with Gasteiger partial charge in [-0.25, -0.2) is 0 Å². The Hall–Kier alpha value is -2.86. The number of likely N-dealkylation sites (tertiary alicyclic amines) is 1. The molecule has 0 radical (unpaired) electrons. The first kappa shape index (κ1) is 19.9. The summed E-state index contributed by atoms with van der Waals surface area (Å²) in [6, 6.07) is 17.0. The number of hydrogen-bond acceptors (Lipinski definition) is 4. The molecule has 6 nitrogen and oxygen atoms in total. The van der Waals surface area contributed by atoms with Crippen LogP contribution in [0.1, 0.15) is 36.4 Å². The Morgan fingerprint density at radius 2 is 1.82 bits per heavy atom. The molecule has 2 aromatic rings. The zero-order valence-electron chi connectivity index (χ0n) is 16.3. The zero-order valence-corrected chi connectivity index (χ0v) is 16.3. The van der Waals surface area contributed by atoms with Crippen LogP contribution in [0.4, 0.5) is 0 Å². The molecule has 0 spiro atoms.